The van der Waals surface area contributed by atoms with Crippen LogP contribution >= 0.6 is 0 Å². The molecule has 0 bridgehead atoms. The largest absolute Gasteiger partial charge is 0.352 e. The number of fused-ring (bicyclic) bond motifs is 1. The number of anilines is 2. The normalized spacial score (nSPS) is 13.6. The molecule has 0 aliphatic heterocycles. The molecule has 1 amide bonds. The van der Waals surface area contributed by atoms with Gasteiger partial charge in [0.2, 0.25) is 5.95 Å². The number of benzene rings is 1. The van der Waals surface area contributed by atoms with E-state index in [9.17, 15) is 4.79 Å². The minimum atomic E-state index is -0.0984. The fourth-order valence-electron chi connectivity index (χ4n) is 3.36. The quantitative estimate of drug-likeness (QED) is 0.470. The van der Waals surface area contributed by atoms with Crippen molar-refractivity contribution in [2.75, 3.05) is 11.9 Å². The van der Waals surface area contributed by atoms with Crippen molar-refractivity contribution in [1.29, 1.82) is 0 Å². The van der Waals surface area contributed by atoms with Gasteiger partial charge in [0.05, 0.1) is 5.69 Å². The summed E-state index contributed by atoms with van der Waals surface area (Å²) >= 11 is 0. The van der Waals surface area contributed by atoms with E-state index in [1.165, 1.54) is 12.8 Å². The van der Waals surface area contributed by atoms with Crippen molar-refractivity contribution >= 4 is 23.3 Å². The summed E-state index contributed by atoms with van der Waals surface area (Å²) in [5.41, 5.74) is 4.10. The minimum Gasteiger partial charge on any atom is -0.352 e. The Morgan fingerprint density at radius 1 is 1.28 bits per heavy atom. The highest BCUT2D eigenvalue weighted by Crippen LogP contribution is 2.39. The summed E-state index contributed by atoms with van der Waals surface area (Å²) in [7, 11) is 0. The molecule has 8 heteroatoms. The third kappa shape index (κ3) is 3.44. The Morgan fingerprint density at radius 3 is 3.00 bits per heavy atom. The smallest absolute Gasteiger partial charge is 0.251 e. The number of aromatic amines is 1. The third-order valence-corrected chi connectivity index (χ3v) is 5.00. The number of nitrogens with one attached hydrogen (secondary N) is 3. The predicted octanol–water partition coefficient (Wildman–Crippen LogP) is 3.49. The van der Waals surface area contributed by atoms with Gasteiger partial charge in [-0.15, -0.1) is 0 Å². The van der Waals surface area contributed by atoms with Crippen LogP contribution in [0.5, 0.6) is 0 Å². The van der Waals surface area contributed by atoms with Crippen LogP contribution in [0.15, 0.2) is 48.8 Å². The van der Waals surface area contributed by atoms with Gasteiger partial charge in [0.1, 0.15) is 5.65 Å². The zero-order valence-corrected chi connectivity index (χ0v) is 16.0. The van der Waals surface area contributed by atoms with Crippen LogP contribution in [-0.4, -0.2) is 37.0 Å². The molecule has 0 spiro atoms. The molecule has 3 heterocycles. The molecule has 1 aliphatic carbocycles. The molecule has 0 radical (unpaired) electrons. The van der Waals surface area contributed by atoms with Crippen LogP contribution in [0.4, 0.5) is 11.8 Å². The lowest BCUT2D eigenvalue weighted by Gasteiger charge is -2.10. The van der Waals surface area contributed by atoms with Crippen molar-refractivity contribution in [1.82, 2.24) is 29.9 Å². The summed E-state index contributed by atoms with van der Waals surface area (Å²) in [6.07, 6.45) is 6.01. The third-order valence-electron chi connectivity index (χ3n) is 5.00. The van der Waals surface area contributed by atoms with Gasteiger partial charge in [0, 0.05) is 53.8 Å². The zero-order valence-electron chi connectivity index (χ0n) is 16.0. The maximum atomic E-state index is 12.2. The van der Waals surface area contributed by atoms with E-state index >= 15 is 0 Å². The Labute approximate surface area is 167 Å². The molecule has 4 aromatic rings. The van der Waals surface area contributed by atoms with Crippen molar-refractivity contribution in [3.05, 3.63) is 60.0 Å². The number of imidazole rings is 1. The second-order valence-corrected chi connectivity index (χ2v) is 7.17. The molecule has 3 aromatic heterocycles. The molecular weight excluding hydrogens is 366 g/mol. The number of H-pyrrole nitrogens is 1. The topological polar surface area (TPSA) is 100 Å². The minimum absolute atomic E-state index is 0.0984. The van der Waals surface area contributed by atoms with Crippen LogP contribution in [0.2, 0.25) is 0 Å². The standard InChI is InChI=1S/C21H21N7O/c1-2-22-20(29)15-5-3-4-14(10-15)16-12-19-23-8-9-28(19)21(24-16)25-18-11-17(26-27-18)13-6-7-13/h3-5,8-13H,2,6-7H2,1H3,(H,22,29)(H2,24,25,26,27). The van der Waals surface area contributed by atoms with Gasteiger partial charge < -0.3 is 10.6 Å². The van der Waals surface area contributed by atoms with Gasteiger partial charge >= 0.3 is 0 Å². The van der Waals surface area contributed by atoms with Crippen molar-refractivity contribution in [3.8, 4) is 11.3 Å². The van der Waals surface area contributed by atoms with E-state index in [1.54, 1.807) is 12.3 Å². The average Bonchev–Trinajstić information content (AvgIpc) is 3.29. The number of aromatic nitrogens is 5. The van der Waals surface area contributed by atoms with Crippen LogP contribution in [0.3, 0.4) is 0 Å². The lowest BCUT2D eigenvalue weighted by Crippen LogP contribution is -2.22. The molecule has 0 atom stereocenters. The van der Waals surface area contributed by atoms with Gasteiger partial charge in [-0.3, -0.25) is 14.3 Å². The average molecular weight is 387 g/mol. The molecule has 5 rings (SSSR count). The second kappa shape index (κ2) is 7.05. The van der Waals surface area contributed by atoms with Gasteiger partial charge in [-0.05, 0) is 31.9 Å². The fourth-order valence-corrected chi connectivity index (χ4v) is 3.36. The molecular formula is C21H21N7O. The number of hydrogen-bond acceptors (Lipinski definition) is 5. The van der Waals surface area contributed by atoms with Crippen LogP contribution < -0.4 is 10.6 Å². The highest BCUT2D eigenvalue weighted by Gasteiger charge is 2.25. The van der Waals surface area contributed by atoms with Crippen molar-refractivity contribution in [2.24, 2.45) is 0 Å². The number of carbonyl (C=O) groups is 1. The van der Waals surface area contributed by atoms with Gasteiger partial charge in [-0.1, -0.05) is 12.1 Å². The molecule has 1 saturated carbocycles. The highest BCUT2D eigenvalue weighted by atomic mass is 16.1. The molecule has 29 heavy (non-hydrogen) atoms. The lowest BCUT2D eigenvalue weighted by atomic mass is 10.1. The van der Waals surface area contributed by atoms with E-state index in [0.29, 0.717) is 24.0 Å². The zero-order chi connectivity index (χ0) is 19.8. The summed E-state index contributed by atoms with van der Waals surface area (Å²) in [5.74, 6) is 1.84. The first-order valence-corrected chi connectivity index (χ1v) is 9.76. The molecule has 146 valence electrons. The van der Waals surface area contributed by atoms with Gasteiger partial charge in [-0.2, -0.15) is 5.10 Å². The van der Waals surface area contributed by atoms with E-state index in [2.05, 4.69) is 25.8 Å². The monoisotopic (exact) mass is 387 g/mol. The first kappa shape index (κ1) is 17.4. The summed E-state index contributed by atoms with van der Waals surface area (Å²) in [5, 5.41) is 13.6. The Balaban J connectivity index is 1.51. The van der Waals surface area contributed by atoms with E-state index in [1.807, 2.05) is 47.9 Å². The lowest BCUT2D eigenvalue weighted by molar-refractivity contribution is 0.0956. The van der Waals surface area contributed by atoms with E-state index in [4.69, 9.17) is 4.98 Å². The first-order valence-electron chi connectivity index (χ1n) is 9.76. The Kier molecular flexibility index (Phi) is 4.23. The van der Waals surface area contributed by atoms with E-state index < -0.39 is 0 Å². The van der Waals surface area contributed by atoms with Crippen LogP contribution in [0.1, 0.15) is 41.7 Å². The molecule has 1 fully saturated rings. The van der Waals surface area contributed by atoms with Crippen LogP contribution in [0.25, 0.3) is 16.9 Å². The molecule has 1 aliphatic rings. The van der Waals surface area contributed by atoms with Gasteiger partial charge in [0.25, 0.3) is 5.91 Å². The molecule has 3 N–H and O–H groups in total. The van der Waals surface area contributed by atoms with Gasteiger partial charge in [-0.25, -0.2) is 9.97 Å². The fraction of sp³-hybridized carbons (Fsp3) is 0.238. The maximum Gasteiger partial charge on any atom is 0.251 e. The summed E-state index contributed by atoms with van der Waals surface area (Å²) in [4.78, 5) is 21.4. The molecule has 0 unspecified atom stereocenters. The van der Waals surface area contributed by atoms with Crippen molar-refractivity contribution in [2.45, 2.75) is 25.7 Å². The summed E-state index contributed by atoms with van der Waals surface area (Å²) in [6.45, 7) is 2.49. The molecule has 0 saturated heterocycles. The molecule has 1 aromatic carbocycles. The highest BCUT2D eigenvalue weighted by molar-refractivity contribution is 5.95. The number of carbonyl (C=O) groups excluding carboxylic acids is 1. The van der Waals surface area contributed by atoms with E-state index in [0.717, 1.165) is 28.4 Å². The Hall–Kier alpha value is -3.68. The second-order valence-electron chi connectivity index (χ2n) is 7.17. The Bertz CT molecular complexity index is 1190. The van der Waals surface area contributed by atoms with Gasteiger partial charge in [0.15, 0.2) is 5.82 Å². The number of nitrogens with zero attached hydrogens (tertiary/aromatic N) is 4. The first-order chi connectivity index (χ1) is 14.2. The Morgan fingerprint density at radius 2 is 2.17 bits per heavy atom. The van der Waals surface area contributed by atoms with Crippen LogP contribution in [0, 0.1) is 0 Å². The maximum absolute atomic E-state index is 12.2. The predicted molar refractivity (Wildman–Crippen MR) is 110 cm³/mol. The summed E-state index contributed by atoms with van der Waals surface area (Å²) in [6, 6.07) is 11.4. The van der Waals surface area contributed by atoms with Crippen molar-refractivity contribution in [3.63, 3.8) is 0 Å². The van der Waals surface area contributed by atoms with Crippen molar-refractivity contribution < 1.29 is 4.79 Å². The number of amides is 1. The summed E-state index contributed by atoms with van der Waals surface area (Å²) < 4.78 is 1.88. The molecule has 8 nitrogen and oxygen atoms in total. The number of rotatable bonds is 6. The van der Waals surface area contributed by atoms with E-state index in [-0.39, 0.29) is 5.91 Å². The SMILES string of the molecule is CCNC(=O)c1cccc(-c2cc3nccn3c(Nc3cc(C4CC4)[nH]n3)n2)c1. The number of hydrogen-bond donors (Lipinski definition) is 3. The van der Waals surface area contributed by atoms with Crippen LogP contribution in [-0.2, 0) is 0 Å².